The second-order valence-electron chi connectivity index (χ2n) is 14.1. The molecule has 0 aliphatic carbocycles. The maximum absolute atomic E-state index is 14.2. The Morgan fingerprint density at radius 1 is 1.00 bits per heavy atom. The van der Waals surface area contributed by atoms with Crippen molar-refractivity contribution in [1.82, 2.24) is 14.6 Å². The normalized spacial score (nSPS) is 21.3. The van der Waals surface area contributed by atoms with E-state index in [0.29, 0.717) is 5.52 Å². The molecular weight excluding hydrogens is 713 g/mol. The highest BCUT2D eigenvalue weighted by molar-refractivity contribution is 7.48. The zero-order chi connectivity index (χ0) is 39.3. The van der Waals surface area contributed by atoms with Crippen LogP contribution in [0.25, 0.3) is 5.52 Å². The number of phosphoric acid groups is 1. The van der Waals surface area contributed by atoms with Gasteiger partial charge in [0.15, 0.2) is 18.0 Å². The summed E-state index contributed by atoms with van der Waals surface area (Å²) in [6.07, 6.45) is -4.99. The van der Waals surface area contributed by atoms with E-state index in [0.717, 1.165) is 11.9 Å². The topological polar surface area (TPSA) is 222 Å². The van der Waals surface area contributed by atoms with Gasteiger partial charge in [-0.15, -0.1) is 0 Å². The van der Waals surface area contributed by atoms with Crippen molar-refractivity contribution in [3.63, 3.8) is 0 Å². The number of phosphoric ester groups is 1. The van der Waals surface area contributed by atoms with E-state index in [4.69, 9.17) is 43.0 Å². The Hall–Kier alpha value is -4.75. The number of carbonyl (C=O) groups excluding carboxylic acids is 3. The van der Waals surface area contributed by atoms with Crippen molar-refractivity contribution in [2.75, 3.05) is 19.1 Å². The molecule has 0 saturated carbocycles. The quantitative estimate of drug-likeness (QED) is 0.0914. The standard InChI is InChI=1S/C35H46N5O12P/c1-20(2)31(41)49-28-26(51-35(17-36,29(28)50-32(42)21(3)4)27-15-14-25-30(37)38-18-39-40(25)27)16-46-53(44,47-19-45-33(43)48-22(5)6)52-24-12-10-23(11-13-24)34(7,8)9/h10-15,18,20-22,26,28-29H,16,19H2,1-9H3,(H2,37,38,39)/t26-,28-,29-,35+,53?/m1/s1. The molecule has 0 bridgehead atoms. The van der Waals surface area contributed by atoms with Crippen LogP contribution in [0.2, 0.25) is 0 Å². The van der Waals surface area contributed by atoms with Crippen LogP contribution in [0.4, 0.5) is 10.6 Å². The predicted octanol–water partition coefficient (Wildman–Crippen LogP) is 5.60. The molecule has 53 heavy (non-hydrogen) atoms. The van der Waals surface area contributed by atoms with Crippen molar-refractivity contribution in [3.05, 3.63) is 54.0 Å². The Morgan fingerprint density at radius 2 is 1.64 bits per heavy atom. The van der Waals surface area contributed by atoms with Crippen molar-refractivity contribution in [3.8, 4) is 11.8 Å². The Labute approximate surface area is 307 Å². The zero-order valence-corrected chi connectivity index (χ0v) is 32.0. The maximum atomic E-state index is 14.2. The van der Waals surface area contributed by atoms with E-state index in [1.807, 2.05) is 20.8 Å². The summed E-state index contributed by atoms with van der Waals surface area (Å²) < 4.78 is 60.3. The number of hydrogen-bond acceptors (Lipinski definition) is 16. The van der Waals surface area contributed by atoms with Gasteiger partial charge in [-0.2, -0.15) is 10.4 Å². The number of esters is 2. The summed E-state index contributed by atoms with van der Waals surface area (Å²) >= 11 is 0. The molecule has 1 saturated heterocycles. The highest BCUT2D eigenvalue weighted by Gasteiger charge is 2.63. The number of carbonyl (C=O) groups is 3. The lowest BCUT2D eigenvalue weighted by Gasteiger charge is -2.29. The molecule has 2 aromatic heterocycles. The molecule has 3 heterocycles. The van der Waals surface area contributed by atoms with E-state index in [1.54, 1.807) is 71.9 Å². The molecule has 1 unspecified atom stereocenters. The number of ether oxygens (including phenoxy) is 5. The minimum Gasteiger partial charge on any atom is -0.455 e. The fraction of sp³-hybridized carbons (Fsp3) is 0.543. The summed E-state index contributed by atoms with van der Waals surface area (Å²) in [7, 11) is -4.72. The van der Waals surface area contributed by atoms with E-state index in [-0.39, 0.29) is 22.7 Å². The van der Waals surface area contributed by atoms with Crippen LogP contribution in [-0.4, -0.2) is 70.5 Å². The van der Waals surface area contributed by atoms with Crippen molar-refractivity contribution < 1.29 is 56.2 Å². The first-order valence-electron chi connectivity index (χ1n) is 16.9. The maximum Gasteiger partial charge on any atom is 0.533 e. The number of benzene rings is 1. The smallest absolute Gasteiger partial charge is 0.455 e. The molecular formula is C35H46N5O12P. The van der Waals surface area contributed by atoms with E-state index in [2.05, 4.69) is 16.2 Å². The molecule has 1 aromatic carbocycles. The van der Waals surface area contributed by atoms with Gasteiger partial charge in [0.1, 0.15) is 29.8 Å². The van der Waals surface area contributed by atoms with Crippen molar-refractivity contribution in [1.29, 1.82) is 5.26 Å². The number of nitrogen functional groups attached to an aromatic ring is 1. The summed E-state index contributed by atoms with van der Waals surface area (Å²) in [5.74, 6) is -2.62. The number of aromatic nitrogens is 3. The highest BCUT2D eigenvalue weighted by atomic mass is 31.2. The predicted molar refractivity (Wildman–Crippen MR) is 187 cm³/mol. The monoisotopic (exact) mass is 759 g/mol. The first-order valence-corrected chi connectivity index (χ1v) is 18.4. The molecule has 1 fully saturated rings. The van der Waals surface area contributed by atoms with Gasteiger partial charge in [0.05, 0.1) is 30.2 Å². The van der Waals surface area contributed by atoms with Gasteiger partial charge >= 0.3 is 25.9 Å². The molecule has 5 atom stereocenters. The van der Waals surface area contributed by atoms with Crippen molar-refractivity contribution >= 4 is 37.3 Å². The minimum absolute atomic E-state index is 0.0606. The van der Waals surface area contributed by atoms with Crippen LogP contribution in [0.5, 0.6) is 5.75 Å². The van der Waals surface area contributed by atoms with Gasteiger partial charge in [-0.1, -0.05) is 60.6 Å². The average Bonchev–Trinajstić information content (AvgIpc) is 3.64. The molecule has 1 aliphatic heterocycles. The first-order chi connectivity index (χ1) is 24.8. The molecule has 3 aromatic rings. The fourth-order valence-corrected chi connectivity index (χ4v) is 6.17. The lowest BCUT2D eigenvalue weighted by atomic mass is 9.87. The van der Waals surface area contributed by atoms with Gasteiger partial charge in [-0.05, 0) is 49.1 Å². The van der Waals surface area contributed by atoms with Crippen LogP contribution in [0.15, 0.2) is 42.7 Å². The zero-order valence-electron chi connectivity index (χ0n) is 31.1. The fourth-order valence-electron chi connectivity index (χ4n) is 5.10. The number of hydrogen-bond donors (Lipinski definition) is 1. The summed E-state index contributed by atoms with van der Waals surface area (Å²) in [4.78, 5) is 42.3. The molecule has 0 amide bonds. The van der Waals surface area contributed by atoms with Crippen LogP contribution in [0, 0.1) is 23.2 Å². The van der Waals surface area contributed by atoms with Crippen LogP contribution in [0.1, 0.15) is 73.6 Å². The van der Waals surface area contributed by atoms with E-state index in [1.165, 1.54) is 10.6 Å². The van der Waals surface area contributed by atoms with Crippen LogP contribution >= 0.6 is 7.82 Å². The van der Waals surface area contributed by atoms with E-state index in [9.17, 15) is 24.2 Å². The van der Waals surface area contributed by atoms with Gasteiger partial charge in [0, 0.05) is 0 Å². The summed E-state index contributed by atoms with van der Waals surface area (Å²) in [6, 6.07) is 11.8. The van der Waals surface area contributed by atoms with Gasteiger partial charge in [0.25, 0.3) is 0 Å². The summed E-state index contributed by atoms with van der Waals surface area (Å²) in [5.41, 5.74) is 5.00. The summed E-state index contributed by atoms with van der Waals surface area (Å²) in [6.45, 7) is 14.0. The van der Waals surface area contributed by atoms with E-state index >= 15 is 0 Å². The average molecular weight is 760 g/mol. The van der Waals surface area contributed by atoms with Gasteiger partial charge in [-0.25, -0.2) is 23.4 Å². The Morgan fingerprint density at radius 3 is 2.23 bits per heavy atom. The molecule has 18 heteroatoms. The van der Waals surface area contributed by atoms with Crippen LogP contribution in [-0.2, 0) is 57.9 Å². The third kappa shape index (κ3) is 9.63. The van der Waals surface area contributed by atoms with Crippen molar-refractivity contribution in [2.45, 2.75) is 97.7 Å². The number of nitriles is 1. The Kier molecular flexibility index (Phi) is 12.8. The summed E-state index contributed by atoms with van der Waals surface area (Å²) in [5, 5.41) is 15.1. The lowest BCUT2D eigenvalue weighted by molar-refractivity contribution is -0.173. The Balaban J connectivity index is 1.75. The molecule has 17 nitrogen and oxygen atoms in total. The van der Waals surface area contributed by atoms with Crippen LogP contribution in [0.3, 0.4) is 0 Å². The second-order valence-corrected chi connectivity index (χ2v) is 15.7. The highest BCUT2D eigenvalue weighted by Crippen LogP contribution is 2.52. The molecule has 1 aliphatic rings. The number of nitrogens with zero attached hydrogens (tertiary/aromatic N) is 4. The molecule has 4 rings (SSSR count). The number of nitrogens with two attached hydrogens (primary N) is 1. The van der Waals surface area contributed by atoms with Crippen molar-refractivity contribution in [2.24, 2.45) is 11.8 Å². The van der Waals surface area contributed by atoms with E-state index < -0.39 is 81.2 Å². The van der Waals surface area contributed by atoms with Crippen LogP contribution < -0.4 is 10.3 Å². The number of fused-ring (bicyclic) bond motifs is 1. The second kappa shape index (κ2) is 16.5. The van der Waals surface area contributed by atoms with Gasteiger partial charge in [0.2, 0.25) is 12.4 Å². The van der Waals surface area contributed by atoms with Gasteiger partial charge < -0.3 is 33.9 Å². The molecule has 2 N–H and O–H groups in total. The lowest BCUT2D eigenvalue weighted by Crippen LogP contribution is -2.47. The number of anilines is 1. The largest absolute Gasteiger partial charge is 0.533 e. The third-order valence-corrected chi connectivity index (χ3v) is 9.24. The molecule has 0 spiro atoms. The third-order valence-electron chi connectivity index (χ3n) is 7.92. The number of rotatable bonds is 14. The SMILES string of the molecule is CC(C)OC(=O)OCOP(=O)(OC[C@H]1O[C@@](C#N)(c2ccc3c(N)ncnn23)[C@H](OC(=O)C(C)C)[C@@H]1OC(=O)C(C)C)Oc1ccc(C(C)(C)C)cc1. The minimum atomic E-state index is -4.72. The molecule has 0 radical (unpaired) electrons. The first kappa shape index (κ1) is 41.0. The molecule has 288 valence electrons. The van der Waals surface area contributed by atoms with Gasteiger partial charge in [-0.3, -0.25) is 14.1 Å². The Bertz CT molecular complexity index is 1870.